The minimum Gasteiger partial charge on any atom is -0.512 e. The van der Waals surface area contributed by atoms with Crippen molar-refractivity contribution in [3.63, 3.8) is 0 Å². The molecule has 0 spiro atoms. The SMILES string of the molecule is OC1=CCC(C(C2=CC=C(O)CC2)(C2C=CCCC2)C2C=CCCC2)C=C1. The van der Waals surface area contributed by atoms with Crippen molar-refractivity contribution in [1.29, 1.82) is 0 Å². The Kier molecular flexibility index (Phi) is 5.43. The predicted molar refractivity (Wildman–Crippen MR) is 111 cm³/mol. The van der Waals surface area contributed by atoms with Gasteiger partial charge in [-0.3, -0.25) is 0 Å². The van der Waals surface area contributed by atoms with E-state index in [9.17, 15) is 10.2 Å². The van der Waals surface area contributed by atoms with Gasteiger partial charge in [-0.1, -0.05) is 42.0 Å². The second-order valence-corrected chi connectivity index (χ2v) is 8.54. The van der Waals surface area contributed by atoms with Crippen LogP contribution in [0.5, 0.6) is 0 Å². The average Bonchev–Trinajstić information content (AvgIpc) is 2.73. The predicted octanol–water partition coefficient (Wildman–Crippen LogP) is 6.87. The lowest BCUT2D eigenvalue weighted by Gasteiger charge is -2.53. The molecular formula is C25H32O2. The molecule has 0 aromatic carbocycles. The fourth-order valence-electron chi connectivity index (χ4n) is 5.91. The summed E-state index contributed by atoms with van der Waals surface area (Å²) in [5.41, 5.74) is 1.54. The van der Waals surface area contributed by atoms with Crippen molar-refractivity contribution in [2.45, 2.75) is 57.8 Å². The first-order valence-electron chi connectivity index (χ1n) is 10.7. The highest BCUT2D eigenvalue weighted by molar-refractivity contribution is 5.36. The molecule has 4 aliphatic rings. The van der Waals surface area contributed by atoms with E-state index in [1.807, 2.05) is 18.2 Å². The molecule has 0 saturated carbocycles. The van der Waals surface area contributed by atoms with Gasteiger partial charge in [0.2, 0.25) is 0 Å². The number of hydrogen-bond acceptors (Lipinski definition) is 2. The fourth-order valence-corrected chi connectivity index (χ4v) is 5.91. The summed E-state index contributed by atoms with van der Waals surface area (Å²) < 4.78 is 0. The Morgan fingerprint density at radius 1 is 0.815 bits per heavy atom. The summed E-state index contributed by atoms with van der Waals surface area (Å²) in [7, 11) is 0. The van der Waals surface area contributed by atoms with Crippen molar-refractivity contribution in [2.75, 3.05) is 0 Å². The summed E-state index contributed by atoms with van der Waals surface area (Å²) in [5, 5.41) is 19.9. The first kappa shape index (κ1) is 18.4. The van der Waals surface area contributed by atoms with Crippen LogP contribution < -0.4 is 0 Å². The number of aliphatic hydroxyl groups excluding tert-OH is 2. The smallest absolute Gasteiger partial charge is 0.111 e. The van der Waals surface area contributed by atoms with E-state index in [1.54, 1.807) is 0 Å². The lowest BCUT2D eigenvalue weighted by Crippen LogP contribution is -2.46. The lowest BCUT2D eigenvalue weighted by atomic mass is 9.50. The van der Waals surface area contributed by atoms with Gasteiger partial charge in [0.1, 0.15) is 5.76 Å². The normalized spacial score (nSPS) is 33.0. The van der Waals surface area contributed by atoms with E-state index in [4.69, 9.17) is 0 Å². The zero-order valence-corrected chi connectivity index (χ0v) is 16.2. The average molecular weight is 365 g/mol. The minimum atomic E-state index is 0.0404. The maximum Gasteiger partial charge on any atom is 0.111 e. The molecule has 4 rings (SSSR count). The first-order valence-corrected chi connectivity index (χ1v) is 10.7. The Morgan fingerprint density at radius 3 is 2.00 bits per heavy atom. The number of rotatable bonds is 4. The molecule has 27 heavy (non-hydrogen) atoms. The van der Waals surface area contributed by atoms with E-state index in [1.165, 1.54) is 44.1 Å². The van der Waals surface area contributed by atoms with Gasteiger partial charge in [-0.25, -0.2) is 0 Å². The molecule has 0 aromatic rings. The Balaban J connectivity index is 1.86. The molecule has 3 atom stereocenters. The van der Waals surface area contributed by atoms with Crippen LogP contribution >= 0.6 is 0 Å². The number of aliphatic hydroxyl groups is 2. The molecule has 0 amide bonds. The molecule has 0 radical (unpaired) electrons. The van der Waals surface area contributed by atoms with Gasteiger partial charge in [0.25, 0.3) is 0 Å². The van der Waals surface area contributed by atoms with E-state index in [0.717, 1.165) is 19.3 Å². The molecule has 0 heterocycles. The van der Waals surface area contributed by atoms with Crippen molar-refractivity contribution in [2.24, 2.45) is 23.2 Å². The van der Waals surface area contributed by atoms with Gasteiger partial charge in [0, 0.05) is 11.8 Å². The lowest BCUT2D eigenvalue weighted by molar-refractivity contribution is 0.0881. The molecule has 3 unspecified atom stereocenters. The van der Waals surface area contributed by atoms with Crippen molar-refractivity contribution < 1.29 is 10.2 Å². The Hall–Kier alpha value is -1.96. The topological polar surface area (TPSA) is 40.5 Å². The van der Waals surface area contributed by atoms with Crippen LogP contribution in [0.2, 0.25) is 0 Å². The molecular weight excluding hydrogens is 332 g/mol. The standard InChI is InChI=1S/C25H32O2/c26-23-15-11-21(12-16-23)25(19-7-3-1-4-8-19,20-9-5-2-6-10-20)22-13-17-24(27)18-14-22/h3,5,7,9,11,13,15-17,19-21,26-27H,1-2,4,6,8,10,12,14,18H2. The van der Waals surface area contributed by atoms with Gasteiger partial charge in [-0.2, -0.15) is 0 Å². The quantitative estimate of drug-likeness (QED) is 0.535. The molecule has 2 heteroatoms. The summed E-state index contributed by atoms with van der Waals surface area (Å²) in [6, 6.07) is 0. The third-order valence-electron chi connectivity index (χ3n) is 7.11. The molecule has 0 aromatic heterocycles. The van der Waals surface area contributed by atoms with Gasteiger partial charge in [-0.15, -0.1) is 0 Å². The maximum atomic E-state index is 9.99. The summed E-state index contributed by atoms with van der Waals surface area (Å²) in [5.74, 6) is 2.31. The second kappa shape index (κ2) is 7.96. The molecule has 2 nitrogen and oxygen atoms in total. The van der Waals surface area contributed by atoms with Gasteiger partial charge in [0.15, 0.2) is 0 Å². The van der Waals surface area contributed by atoms with Crippen LogP contribution in [-0.2, 0) is 0 Å². The molecule has 4 aliphatic carbocycles. The van der Waals surface area contributed by atoms with Gasteiger partial charge < -0.3 is 10.2 Å². The van der Waals surface area contributed by atoms with Crippen LogP contribution in [0.4, 0.5) is 0 Å². The molecule has 144 valence electrons. The van der Waals surface area contributed by atoms with Crippen LogP contribution in [0, 0.1) is 23.2 Å². The summed E-state index contributed by atoms with van der Waals surface area (Å²) >= 11 is 0. The third kappa shape index (κ3) is 3.47. The summed E-state index contributed by atoms with van der Waals surface area (Å²) in [6.45, 7) is 0. The largest absolute Gasteiger partial charge is 0.512 e. The Bertz CT molecular complexity index is 707. The first-order chi connectivity index (χ1) is 13.2. The Labute approximate surface area is 163 Å². The van der Waals surface area contributed by atoms with Crippen LogP contribution in [0.3, 0.4) is 0 Å². The monoisotopic (exact) mass is 364 g/mol. The highest BCUT2D eigenvalue weighted by atomic mass is 16.3. The third-order valence-corrected chi connectivity index (χ3v) is 7.11. The zero-order valence-electron chi connectivity index (χ0n) is 16.2. The number of allylic oxidation sites excluding steroid dienone is 11. The summed E-state index contributed by atoms with van der Waals surface area (Å²) in [6.07, 6.45) is 30.0. The van der Waals surface area contributed by atoms with Crippen molar-refractivity contribution in [3.05, 3.63) is 71.8 Å². The molecule has 0 aliphatic heterocycles. The van der Waals surface area contributed by atoms with Crippen molar-refractivity contribution >= 4 is 0 Å². The van der Waals surface area contributed by atoms with E-state index in [2.05, 4.69) is 36.5 Å². The van der Waals surface area contributed by atoms with E-state index in [0.29, 0.717) is 29.3 Å². The van der Waals surface area contributed by atoms with Gasteiger partial charge in [0.05, 0.1) is 5.76 Å². The maximum absolute atomic E-state index is 9.99. The van der Waals surface area contributed by atoms with E-state index < -0.39 is 0 Å². The highest BCUT2D eigenvalue weighted by Gasteiger charge is 2.50. The highest BCUT2D eigenvalue weighted by Crippen LogP contribution is 2.58. The molecule has 2 N–H and O–H groups in total. The minimum absolute atomic E-state index is 0.0404. The Morgan fingerprint density at radius 2 is 1.52 bits per heavy atom. The van der Waals surface area contributed by atoms with Gasteiger partial charge in [-0.05, 0) is 87.3 Å². The number of hydrogen-bond donors (Lipinski definition) is 2. The fraction of sp³-hybridized carbons (Fsp3) is 0.520. The molecule has 0 saturated heterocycles. The van der Waals surface area contributed by atoms with Crippen LogP contribution in [0.1, 0.15) is 57.8 Å². The van der Waals surface area contributed by atoms with Crippen molar-refractivity contribution in [1.82, 2.24) is 0 Å². The van der Waals surface area contributed by atoms with E-state index in [-0.39, 0.29) is 5.41 Å². The van der Waals surface area contributed by atoms with Crippen LogP contribution in [0.25, 0.3) is 0 Å². The molecule has 0 fully saturated rings. The van der Waals surface area contributed by atoms with Crippen LogP contribution in [-0.4, -0.2) is 10.2 Å². The van der Waals surface area contributed by atoms with E-state index >= 15 is 0 Å². The zero-order chi connectivity index (χ0) is 18.7. The van der Waals surface area contributed by atoms with Gasteiger partial charge >= 0.3 is 0 Å². The van der Waals surface area contributed by atoms with Crippen LogP contribution in [0.15, 0.2) is 71.8 Å². The summed E-state index contributed by atoms with van der Waals surface area (Å²) in [4.78, 5) is 0. The molecule has 0 bridgehead atoms. The second-order valence-electron chi connectivity index (χ2n) is 8.54. The van der Waals surface area contributed by atoms with Crippen molar-refractivity contribution in [3.8, 4) is 0 Å².